The molecular weight excluding hydrogens is 297 g/mol. The molecule has 0 atom stereocenters. The molecule has 0 bridgehead atoms. The topological polar surface area (TPSA) is 50.4 Å². The van der Waals surface area contributed by atoms with Crippen LogP contribution in [-0.2, 0) is 0 Å². The van der Waals surface area contributed by atoms with Gasteiger partial charge in [-0.25, -0.2) is 10.2 Å². The average molecular weight is 314 g/mol. The minimum Gasteiger partial charge on any atom is -0.308 e. The van der Waals surface area contributed by atoms with Gasteiger partial charge in [0.25, 0.3) is 0 Å². The predicted octanol–water partition coefficient (Wildman–Crippen LogP) is 3.13. The highest BCUT2D eigenvalue weighted by atomic mass is 79.9. The average Bonchev–Trinajstić information content (AvgIpc) is 2.40. The monoisotopic (exact) mass is 313 g/mol. The molecule has 0 radical (unpaired) electrons. The van der Waals surface area contributed by atoms with E-state index >= 15 is 0 Å². The van der Waals surface area contributed by atoms with Crippen molar-refractivity contribution in [2.24, 2.45) is 10.8 Å². The van der Waals surface area contributed by atoms with Gasteiger partial charge < -0.3 is 5.43 Å². The Morgan fingerprint density at radius 2 is 2.06 bits per heavy atom. The molecule has 1 aromatic carbocycles. The Balaban J connectivity index is 2.26. The first-order valence-corrected chi connectivity index (χ1v) is 7.00. The molecule has 3 nitrogen and oxygen atoms in total. The lowest BCUT2D eigenvalue weighted by molar-refractivity contribution is 0.442. The molecule has 0 unspecified atom stereocenters. The summed E-state index contributed by atoms with van der Waals surface area (Å²) in [7, 11) is 0. The summed E-state index contributed by atoms with van der Waals surface area (Å²) in [6.45, 7) is 0. The highest BCUT2D eigenvalue weighted by molar-refractivity contribution is 9.10. The van der Waals surface area contributed by atoms with E-state index in [9.17, 15) is 4.39 Å². The molecule has 98 valence electrons. The van der Waals surface area contributed by atoms with E-state index in [2.05, 4.69) is 26.3 Å². The zero-order valence-corrected chi connectivity index (χ0v) is 11.7. The number of nitrogens with two attached hydrogens (primary N) is 1. The van der Waals surface area contributed by atoms with Crippen LogP contribution in [0.4, 0.5) is 4.39 Å². The maximum Gasteiger partial charge on any atom is 0.144 e. The molecule has 0 aliphatic heterocycles. The fourth-order valence-corrected chi connectivity index (χ4v) is 2.69. The van der Waals surface area contributed by atoms with Gasteiger partial charge in [0.1, 0.15) is 11.7 Å². The van der Waals surface area contributed by atoms with E-state index in [1.807, 2.05) is 0 Å². The summed E-state index contributed by atoms with van der Waals surface area (Å²) >= 11 is 3.39. The number of hydrogen-bond donors (Lipinski definition) is 2. The molecule has 18 heavy (non-hydrogen) atoms. The quantitative estimate of drug-likeness (QED) is 0.381. The molecule has 1 fully saturated rings. The van der Waals surface area contributed by atoms with Gasteiger partial charge in [0.2, 0.25) is 0 Å². The first kappa shape index (κ1) is 13.5. The lowest BCUT2D eigenvalue weighted by Crippen LogP contribution is -2.33. The predicted molar refractivity (Wildman–Crippen MR) is 74.8 cm³/mol. The Bertz CT molecular complexity index is 442. The van der Waals surface area contributed by atoms with Gasteiger partial charge in [0, 0.05) is 10.0 Å². The van der Waals surface area contributed by atoms with Crippen molar-refractivity contribution in [1.82, 2.24) is 5.43 Å². The Kier molecular flexibility index (Phi) is 4.72. The number of benzene rings is 1. The van der Waals surface area contributed by atoms with Gasteiger partial charge >= 0.3 is 0 Å². The molecular formula is C13H17BrFN3. The van der Waals surface area contributed by atoms with E-state index in [0.717, 1.165) is 17.3 Å². The maximum absolute atomic E-state index is 13.3. The summed E-state index contributed by atoms with van der Waals surface area (Å²) in [6.07, 6.45) is 5.85. The zero-order chi connectivity index (χ0) is 13.0. The summed E-state index contributed by atoms with van der Waals surface area (Å²) < 4.78 is 14.1. The van der Waals surface area contributed by atoms with Gasteiger partial charge in [-0.1, -0.05) is 35.2 Å². The van der Waals surface area contributed by atoms with Crippen LogP contribution >= 0.6 is 15.9 Å². The third-order valence-electron chi connectivity index (χ3n) is 3.21. The standard InChI is InChI=1S/C13H17BrFN3/c14-12-7-6-9(15)8-11(12)13(18-16)17-10-4-2-1-3-5-10/h6-8,10H,1-5,16H2,(H,17,18). The van der Waals surface area contributed by atoms with Crippen molar-refractivity contribution in [3.63, 3.8) is 0 Å². The summed E-state index contributed by atoms with van der Waals surface area (Å²) in [5.74, 6) is 5.77. The minimum atomic E-state index is -0.292. The van der Waals surface area contributed by atoms with Crippen molar-refractivity contribution in [2.75, 3.05) is 0 Å². The van der Waals surface area contributed by atoms with Crippen LogP contribution in [-0.4, -0.2) is 11.9 Å². The number of nitrogens with one attached hydrogen (secondary N) is 1. The second-order valence-electron chi connectivity index (χ2n) is 4.54. The summed E-state index contributed by atoms with van der Waals surface area (Å²) in [5.41, 5.74) is 3.26. The van der Waals surface area contributed by atoms with Gasteiger partial charge in [0.05, 0.1) is 6.04 Å². The Hall–Kier alpha value is -0.940. The Labute approximate surface area is 115 Å². The summed E-state index contributed by atoms with van der Waals surface area (Å²) in [5, 5.41) is 0. The van der Waals surface area contributed by atoms with E-state index < -0.39 is 0 Å². The molecule has 1 aliphatic rings. The van der Waals surface area contributed by atoms with Crippen LogP contribution in [0.2, 0.25) is 0 Å². The Morgan fingerprint density at radius 1 is 1.33 bits per heavy atom. The van der Waals surface area contributed by atoms with Gasteiger partial charge in [0.15, 0.2) is 0 Å². The van der Waals surface area contributed by atoms with E-state index in [4.69, 9.17) is 5.84 Å². The lowest BCUT2D eigenvalue weighted by atomic mass is 9.96. The van der Waals surface area contributed by atoms with Crippen molar-refractivity contribution in [3.8, 4) is 0 Å². The van der Waals surface area contributed by atoms with Crippen LogP contribution < -0.4 is 11.3 Å². The number of nitrogens with zero attached hydrogens (tertiary/aromatic N) is 1. The molecule has 1 saturated carbocycles. The van der Waals surface area contributed by atoms with Gasteiger partial charge in [-0.3, -0.25) is 4.99 Å². The lowest BCUT2D eigenvalue weighted by Gasteiger charge is -2.19. The van der Waals surface area contributed by atoms with Crippen LogP contribution in [0.25, 0.3) is 0 Å². The highest BCUT2D eigenvalue weighted by Gasteiger charge is 2.15. The number of rotatable bonds is 2. The molecule has 0 amide bonds. The first-order valence-electron chi connectivity index (χ1n) is 6.20. The van der Waals surface area contributed by atoms with Gasteiger partial charge in [-0.05, 0) is 31.0 Å². The largest absolute Gasteiger partial charge is 0.308 e. The minimum absolute atomic E-state index is 0.292. The third kappa shape index (κ3) is 3.29. The molecule has 1 aromatic rings. The van der Waals surface area contributed by atoms with Crippen LogP contribution in [0, 0.1) is 5.82 Å². The van der Waals surface area contributed by atoms with Crippen LogP contribution in [0.5, 0.6) is 0 Å². The van der Waals surface area contributed by atoms with E-state index in [1.165, 1.54) is 31.4 Å². The van der Waals surface area contributed by atoms with Crippen LogP contribution in [0.3, 0.4) is 0 Å². The van der Waals surface area contributed by atoms with Crippen molar-refractivity contribution >= 4 is 21.8 Å². The van der Waals surface area contributed by atoms with Crippen molar-refractivity contribution in [2.45, 2.75) is 38.1 Å². The number of hydrazine groups is 1. The number of hydrogen-bond acceptors (Lipinski definition) is 2. The maximum atomic E-state index is 13.3. The SMILES string of the molecule is NNC(=NC1CCCCC1)c1cc(F)ccc1Br. The van der Waals surface area contributed by atoms with Crippen molar-refractivity contribution in [3.05, 3.63) is 34.1 Å². The number of aliphatic imine (C=N–C) groups is 1. The first-order chi connectivity index (χ1) is 8.70. The molecule has 0 heterocycles. The normalized spacial score (nSPS) is 17.8. The molecule has 0 saturated heterocycles. The van der Waals surface area contributed by atoms with E-state index in [0.29, 0.717) is 17.4 Å². The molecule has 0 aromatic heterocycles. The Morgan fingerprint density at radius 3 is 2.72 bits per heavy atom. The molecule has 5 heteroatoms. The van der Waals surface area contributed by atoms with Crippen LogP contribution in [0.1, 0.15) is 37.7 Å². The van der Waals surface area contributed by atoms with E-state index in [1.54, 1.807) is 6.07 Å². The van der Waals surface area contributed by atoms with Crippen LogP contribution in [0.15, 0.2) is 27.7 Å². The molecule has 2 rings (SSSR count). The third-order valence-corrected chi connectivity index (χ3v) is 3.90. The fourth-order valence-electron chi connectivity index (χ4n) is 2.26. The summed E-state index contributed by atoms with van der Waals surface area (Å²) in [4.78, 5) is 4.61. The highest BCUT2D eigenvalue weighted by Crippen LogP contribution is 2.23. The van der Waals surface area contributed by atoms with Gasteiger partial charge in [-0.2, -0.15) is 0 Å². The second-order valence-corrected chi connectivity index (χ2v) is 5.39. The molecule has 3 N–H and O–H groups in total. The van der Waals surface area contributed by atoms with E-state index in [-0.39, 0.29) is 5.82 Å². The number of halogens is 2. The molecule has 0 spiro atoms. The summed E-state index contributed by atoms with van der Waals surface area (Å²) in [6, 6.07) is 4.80. The van der Waals surface area contributed by atoms with Crippen molar-refractivity contribution in [1.29, 1.82) is 0 Å². The second kappa shape index (κ2) is 6.29. The fraction of sp³-hybridized carbons (Fsp3) is 0.462. The molecule has 1 aliphatic carbocycles. The smallest absolute Gasteiger partial charge is 0.144 e. The zero-order valence-electron chi connectivity index (χ0n) is 10.1. The van der Waals surface area contributed by atoms with Gasteiger partial charge in [-0.15, -0.1) is 0 Å². The van der Waals surface area contributed by atoms with Crippen molar-refractivity contribution < 1.29 is 4.39 Å². The number of amidine groups is 1.